The summed E-state index contributed by atoms with van der Waals surface area (Å²) in [4.78, 5) is 39.1. The molecule has 1 saturated heterocycles. The standard InChI is InChI=1S/C29H40N4O7S/c1-30-28(35)25-18-11-20-33(41(38,39)23-15-6-3-7-16-23)19-8-9-21-40-26(29(36)32-37)24(27(34)31-25)17-10-14-22-12-4-2-5-13-22/h2-7,12-13,15-16,24-26,37H,8-11,14,17-21H2,1H3,(H,30,35)(H,31,34)(H,32,36)/t24-,25+,26+/m1/s1. The topological polar surface area (TPSA) is 154 Å². The number of benzene rings is 2. The Hall–Kier alpha value is -3.32. The number of aryl methyl sites for hydroxylation is 1. The minimum atomic E-state index is -3.78. The summed E-state index contributed by atoms with van der Waals surface area (Å²) in [5.74, 6) is -2.81. The highest BCUT2D eigenvalue weighted by atomic mass is 32.2. The molecule has 1 fully saturated rings. The summed E-state index contributed by atoms with van der Waals surface area (Å²) in [6.45, 7) is 0.450. The molecular formula is C29H40N4O7S. The average Bonchev–Trinajstić information content (AvgIpc) is 2.99. The molecule has 1 heterocycles. The quantitative estimate of drug-likeness (QED) is 0.272. The Morgan fingerprint density at radius 3 is 2.32 bits per heavy atom. The molecule has 4 N–H and O–H groups in total. The van der Waals surface area contributed by atoms with Gasteiger partial charge in [0.1, 0.15) is 12.1 Å². The second kappa shape index (κ2) is 16.2. The number of nitrogens with one attached hydrogen (secondary N) is 3. The van der Waals surface area contributed by atoms with Gasteiger partial charge in [0.15, 0.2) is 0 Å². The van der Waals surface area contributed by atoms with E-state index in [9.17, 15) is 28.0 Å². The van der Waals surface area contributed by atoms with Gasteiger partial charge < -0.3 is 15.4 Å². The molecule has 3 rings (SSSR count). The number of sulfonamides is 1. The van der Waals surface area contributed by atoms with E-state index in [1.54, 1.807) is 23.7 Å². The lowest BCUT2D eigenvalue weighted by atomic mass is 9.92. The third kappa shape index (κ3) is 9.35. The van der Waals surface area contributed by atoms with Crippen LogP contribution >= 0.6 is 0 Å². The van der Waals surface area contributed by atoms with Crippen molar-refractivity contribution in [1.82, 2.24) is 20.4 Å². The lowest BCUT2D eigenvalue weighted by Gasteiger charge is -2.28. The lowest BCUT2D eigenvalue weighted by Crippen LogP contribution is -2.52. The molecule has 0 saturated carbocycles. The van der Waals surface area contributed by atoms with E-state index < -0.39 is 45.8 Å². The number of carbonyl (C=O) groups is 3. The largest absolute Gasteiger partial charge is 0.367 e. The number of carbonyl (C=O) groups excluding carboxylic acids is 3. The van der Waals surface area contributed by atoms with Crippen molar-refractivity contribution in [2.75, 3.05) is 26.7 Å². The van der Waals surface area contributed by atoms with Crippen molar-refractivity contribution < 1.29 is 32.7 Å². The van der Waals surface area contributed by atoms with Crippen LogP contribution < -0.4 is 16.1 Å². The maximum atomic E-state index is 13.6. The number of ether oxygens (including phenoxy) is 1. The number of rotatable bonds is 8. The first kappa shape index (κ1) is 32.2. The van der Waals surface area contributed by atoms with E-state index in [-0.39, 0.29) is 37.4 Å². The predicted octanol–water partition coefficient (Wildman–Crippen LogP) is 2.01. The van der Waals surface area contributed by atoms with Crippen LogP contribution in [0.2, 0.25) is 0 Å². The molecule has 2 aromatic rings. The van der Waals surface area contributed by atoms with Gasteiger partial charge in [0.05, 0.1) is 10.8 Å². The van der Waals surface area contributed by atoms with E-state index in [0.717, 1.165) is 5.56 Å². The molecule has 41 heavy (non-hydrogen) atoms. The summed E-state index contributed by atoms with van der Waals surface area (Å²) in [5, 5.41) is 14.7. The van der Waals surface area contributed by atoms with Crippen LogP contribution in [-0.2, 0) is 35.6 Å². The van der Waals surface area contributed by atoms with E-state index in [1.165, 1.54) is 23.5 Å². The van der Waals surface area contributed by atoms with Crippen molar-refractivity contribution in [1.29, 1.82) is 0 Å². The number of amides is 3. The normalized spacial score (nSPS) is 21.7. The lowest BCUT2D eigenvalue weighted by molar-refractivity contribution is -0.151. The van der Waals surface area contributed by atoms with Crippen molar-refractivity contribution in [3.63, 3.8) is 0 Å². The summed E-state index contributed by atoms with van der Waals surface area (Å²) in [6.07, 6.45) is 1.59. The molecule has 1 aliphatic heterocycles. The maximum absolute atomic E-state index is 13.6. The Kier molecular flexibility index (Phi) is 12.7. The SMILES string of the molecule is CNC(=O)[C@@H]1CCCN(S(=O)(=O)c2ccccc2)CCCCO[C@H](C(=O)NO)[C@@H](CCCc2ccccc2)C(=O)N1. The molecular weight excluding hydrogens is 548 g/mol. The summed E-state index contributed by atoms with van der Waals surface area (Å²) >= 11 is 0. The summed E-state index contributed by atoms with van der Waals surface area (Å²) in [6, 6.07) is 16.9. The Morgan fingerprint density at radius 2 is 1.66 bits per heavy atom. The van der Waals surface area contributed by atoms with Gasteiger partial charge in [-0.2, -0.15) is 4.31 Å². The average molecular weight is 589 g/mol. The van der Waals surface area contributed by atoms with Crippen molar-refractivity contribution >= 4 is 27.7 Å². The third-order valence-electron chi connectivity index (χ3n) is 7.15. The van der Waals surface area contributed by atoms with E-state index in [2.05, 4.69) is 10.6 Å². The van der Waals surface area contributed by atoms with Crippen LogP contribution in [0.4, 0.5) is 0 Å². The van der Waals surface area contributed by atoms with Crippen LogP contribution in [-0.4, -0.2) is 74.5 Å². The number of nitrogens with zero attached hydrogens (tertiary/aromatic N) is 1. The molecule has 0 aromatic heterocycles. The van der Waals surface area contributed by atoms with E-state index in [4.69, 9.17) is 4.74 Å². The van der Waals surface area contributed by atoms with Crippen LogP contribution in [0.1, 0.15) is 44.1 Å². The Bertz CT molecular complexity index is 1230. The highest BCUT2D eigenvalue weighted by Gasteiger charge is 2.36. The maximum Gasteiger partial charge on any atom is 0.273 e. The molecule has 224 valence electrons. The van der Waals surface area contributed by atoms with Gasteiger partial charge in [0, 0.05) is 26.7 Å². The smallest absolute Gasteiger partial charge is 0.273 e. The van der Waals surface area contributed by atoms with Gasteiger partial charge in [-0.25, -0.2) is 13.9 Å². The van der Waals surface area contributed by atoms with Crippen LogP contribution in [0.15, 0.2) is 65.6 Å². The predicted molar refractivity (Wildman–Crippen MR) is 152 cm³/mol. The summed E-state index contributed by atoms with van der Waals surface area (Å²) < 4.78 is 33.9. The molecule has 1 aliphatic rings. The van der Waals surface area contributed by atoms with E-state index in [0.29, 0.717) is 32.1 Å². The summed E-state index contributed by atoms with van der Waals surface area (Å²) in [5.41, 5.74) is 2.69. The second-order valence-corrected chi connectivity index (χ2v) is 11.9. The minimum Gasteiger partial charge on any atom is -0.367 e. The monoisotopic (exact) mass is 588 g/mol. The van der Waals surface area contributed by atoms with Crippen LogP contribution in [0.5, 0.6) is 0 Å². The molecule has 3 amide bonds. The fourth-order valence-corrected chi connectivity index (χ4v) is 6.45. The van der Waals surface area contributed by atoms with Gasteiger partial charge in [-0.15, -0.1) is 0 Å². The molecule has 0 spiro atoms. The Balaban J connectivity index is 1.82. The zero-order valence-electron chi connectivity index (χ0n) is 23.3. The molecule has 12 heteroatoms. The van der Waals surface area contributed by atoms with Crippen molar-refractivity contribution in [2.45, 2.75) is 62.0 Å². The number of likely N-dealkylation sites (N-methyl/N-ethyl adjacent to an activating group) is 1. The van der Waals surface area contributed by atoms with Gasteiger partial charge in [0.25, 0.3) is 5.91 Å². The first-order valence-corrected chi connectivity index (χ1v) is 15.4. The summed E-state index contributed by atoms with van der Waals surface area (Å²) in [7, 11) is -2.33. The van der Waals surface area contributed by atoms with Gasteiger partial charge in [0.2, 0.25) is 21.8 Å². The van der Waals surface area contributed by atoms with Crippen LogP contribution in [0.3, 0.4) is 0 Å². The Labute approximate surface area is 241 Å². The van der Waals surface area contributed by atoms with E-state index in [1.807, 2.05) is 30.3 Å². The molecule has 0 bridgehead atoms. The zero-order valence-corrected chi connectivity index (χ0v) is 24.1. The zero-order chi connectivity index (χ0) is 29.7. The van der Waals surface area contributed by atoms with Gasteiger partial charge in [-0.3, -0.25) is 19.6 Å². The second-order valence-electron chi connectivity index (χ2n) is 9.99. The fraction of sp³-hybridized carbons (Fsp3) is 0.483. The molecule has 0 unspecified atom stereocenters. The molecule has 11 nitrogen and oxygen atoms in total. The minimum absolute atomic E-state index is 0.0681. The molecule has 0 radical (unpaired) electrons. The van der Waals surface area contributed by atoms with Crippen molar-refractivity contribution in [2.24, 2.45) is 5.92 Å². The van der Waals surface area contributed by atoms with Gasteiger partial charge in [-0.05, 0) is 62.6 Å². The van der Waals surface area contributed by atoms with E-state index >= 15 is 0 Å². The highest BCUT2D eigenvalue weighted by Crippen LogP contribution is 2.21. The van der Waals surface area contributed by atoms with Gasteiger partial charge >= 0.3 is 0 Å². The van der Waals surface area contributed by atoms with Gasteiger partial charge in [-0.1, -0.05) is 48.5 Å². The first-order chi connectivity index (χ1) is 19.8. The number of hydrogen-bond acceptors (Lipinski definition) is 7. The molecule has 0 aliphatic carbocycles. The molecule has 3 atom stereocenters. The number of hydrogen-bond donors (Lipinski definition) is 4. The molecule has 2 aromatic carbocycles. The van der Waals surface area contributed by atoms with Crippen molar-refractivity contribution in [3.8, 4) is 0 Å². The highest BCUT2D eigenvalue weighted by molar-refractivity contribution is 7.89. The van der Waals surface area contributed by atoms with Crippen molar-refractivity contribution in [3.05, 3.63) is 66.2 Å². The number of hydroxylamine groups is 1. The Morgan fingerprint density at radius 1 is 1.00 bits per heavy atom. The van der Waals surface area contributed by atoms with Crippen LogP contribution in [0, 0.1) is 5.92 Å². The first-order valence-electron chi connectivity index (χ1n) is 13.9. The fourth-order valence-electron chi connectivity index (χ4n) is 4.92. The van der Waals surface area contributed by atoms with Crippen LogP contribution in [0.25, 0.3) is 0 Å². The third-order valence-corrected chi connectivity index (χ3v) is 9.07.